The van der Waals surface area contributed by atoms with Gasteiger partial charge in [0.25, 0.3) is 0 Å². The summed E-state index contributed by atoms with van der Waals surface area (Å²) in [5, 5.41) is 5.80. The summed E-state index contributed by atoms with van der Waals surface area (Å²) in [5.41, 5.74) is -0.689. The molecule has 0 saturated carbocycles. The molecular formula is C21H24N2O5S. The van der Waals surface area contributed by atoms with Crippen molar-refractivity contribution in [1.29, 1.82) is 0 Å². The lowest BCUT2D eigenvalue weighted by Crippen LogP contribution is -2.32. The summed E-state index contributed by atoms with van der Waals surface area (Å²) < 4.78 is 16.7. The number of benzene rings is 1. The zero-order valence-corrected chi connectivity index (χ0v) is 17.3. The molecule has 0 aliphatic carbocycles. The van der Waals surface area contributed by atoms with E-state index in [-0.39, 0.29) is 12.8 Å². The van der Waals surface area contributed by atoms with Crippen LogP contribution in [0.5, 0.6) is 0 Å². The Hall–Kier alpha value is -2.45. The van der Waals surface area contributed by atoms with Crippen LogP contribution in [-0.4, -0.2) is 36.2 Å². The Labute approximate surface area is 173 Å². The Bertz CT molecular complexity index is 901. The van der Waals surface area contributed by atoms with Gasteiger partial charge in [-0.15, -0.1) is 11.3 Å². The van der Waals surface area contributed by atoms with Crippen LogP contribution in [0.4, 0.5) is 10.8 Å². The van der Waals surface area contributed by atoms with E-state index in [1.54, 1.807) is 6.92 Å². The molecule has 1 spiro atoms. The molecule has 7 nitrogen and oxygen atoms in total. The molecule has 2 saturated heterocycles. The van der Waals surface area contributed by atoms with Crippen molar-refractivity contribution in [2.75, 3.05) is 18.5 Å². The van der Waals surface area contributed by atoms with Crippen LogP contribution in [0.3, 0.4) is 0 Å². The van der Waals surface area contributed by atoms with Crippen LogP contribution in [-0.2, 0) is 29.4 Å². The van der Waals surface area contributed by atoms with Gasteiger partial charge in [0.15, 0.2) is 16.1 Å². The maximum absolute atomic E-state index is 12.8. The number of hydrogen-bond acceptors (Lipinski definition) is 8. The molecule has 2 fully saturated rings. The lowest BCUT2D eigenvalue weighted by Gasteiger charge is -2.20. The van der Waals surface area contributed by atoms with E-state index in [2.05, 4.69) is 10.3 Å². The lowest BCUT2D eigenvalue weighted by molar-refractivity contribution is -0.160. The SMILES string of the molecule is CCCOC[C@@H]1C[C@@]2(C[C@](C)(c3csc(Nc4ccccc4)n3)OC2=O)C(=O)O1. The summed E-state index contributed by atoms with van der Waals surface area (Å²) in [7, 11) is 0. The summed E-state index contributed by atoms with van der Waals surface area (Å²) in [4.78, 5) is 30.0. The zero-order chi connectivity index (χ0) is 20.5. The van der Waals surface area contributed by atoms with Crippen LogP contribution < -0.4 is 5.32 Å². The third-order valence-corrected chi connectivity index (χ3v) is 6.07. The van der Waals surface area contributed by atoms with Gasteiger partial charge in [-0.25, -0.2) is 4.98 Å². The van der Waals surface area contributed by atoms with Gasteiger partial charge in [-0.05, 0) is 25.5 Å². The molecule has 3 heterocycles. The van der Waals surface area contributed by atoms with Gasteiger partial charge in [0, 0.05) is 30.5 Å². The Balaban J connectivity index is 1.49. The molecule has 0 amide bonds. The summed E-state index contributed by atoms with van der Waals surface area (Å²) in [6.07, 6.45) is 0.962. The van der Waals surface area contributed by atoms with E-state index in [1.807, 2.05) is 42.6 Å². The summed E-state index contributed by atoms with van der Waals surface area (Å²) in [6, 6.07) is 9.71. The Morgan fingerprint density at radius 2 is 2.07 bits per heavy atom. The molecule has 1 N–H and O–H groups in total. The molecule has 2 aromatic rings. The van der Waals surface area contributed by atoms with E-state index in [0.717, 1.165) is 12.1 Å². The number of thiazole rings is 1. The fourth-order valence-electron chi connectivity index (χ4n) is 3.89. The van der Waals surface area contributed by atoms with Gasteiger partial charge >= 0.3 is 11.9 Å². The number of para-hydroxylation sites is 1. The van der Waals surface area contributed by atoms with Crippen molar-refractivity contribution in [2.24, 2.45) is 5.41 Å². The minimum absolute atomic E-state index is 0.219. The van der Waals surface area contributed by atoms with Crippen LogP contribution in [0.15, 0.2) is 35.7 Å². The molecule has 0 bridgehead atoms. The van der Waals surface area contributed by atoms with Crippen molar-refractivity contribution >= 4 is 34.1 Å². The number of nitrogens with zero attached hydrogens (tertiary/aromatic N) is 1. The predicted octanol–water partition coefficient (Wildman–Crippen LogP) is 3.78. The number of carbonyl (C=O) groups excluding carboxylic acids is 2. The highest BCUT2D eigenvalue weighted by Gasteiger charge is 2.65. The molecule has 2 aliphatic heterocycles. The van der Waals surface area contributed by atoms with Gasteiger partial charge in [-0.3, -0.25) is 9.59 Å². The van der Waals surface area contributed by atoms with E-state index < -0.39 is 29.1 Å². The highest BCUT2D eigenvalue weighted by Crippen LogP contribution is 2.52. The number of nitrogens with one attached hydrogen (secondary N) is 1. The van der Waals surface area contributed by atoms with Crippen LogP contribution in [0.2, 0.25) is 0 Å². The molecule has 0 radical (unpaired) electrons. The molecule has 1 aromatic heterocycles. The van der Waals surface area contributed by atoms with Crippen LogP contribution in [0.25, 0.3) is 0 Å². The lowest BCUT2D eigenvalue weighted by atomic mass is 9.78. The average molecular weight is 416 g/mol. The van der Waals surface area contributed by atoms with Crippen molar-refractivity contribution < 1.29 is 23.8 Å². The van der Waals surface area contributed by atoms with Gasteiger partial charge in [0.05, 0.1) is 12.3 Å². The number of carbonyl (C=O) groups is 2. The fraction of sp³-hybridized carbons (Fsp3) is 0.476. The molecular weight excluding hydrogens is 392 g/mol. The number of aromatic nitrogens is 1. The van der Waals surface area contributed by atoms with E-state index >= 15 is 0 Å². The number of hydrogen-bond donors (Lipinski definition) is 1. The maximum Gasteiger partial charge on any atom is 0.324 e. The zero-order valence-electron chi connectivity index (χ0n) is 16.5. The molecule has 2 aliphatic rings. The standard InChI is InChI=1S/C21H24N2O5S/c1-3-9-26-11-15-10-21(17(24)27-15)13-20(2,28-18(21)25)16-12-29-19(23-16)22-14-7-5-4-6-8-14/h4-8,12,15H,3,9-11,13H2,1-2H3,(H,22,23)/t15-,20+,21+/m0/s1. The van der Waals surface area contributed by atoms with Crippen LogP contribution >= 0.6 is 11.3 Å². The van der Waals surface area contributed by atoms with Gasteiger partial charge in [-0.2, -0.15) is 0 Å². The smallest absolute Gasteiger partial charge is 0.324 e. The minimum Gasteiger partial charge on any atom is -0.459 e. The van der Waals surface area contributed by atoms with Crippen molar-refractivity contribution in [2.45, 2.75) is 44.8 Å². The topological polar surface area (TPSA) is 86.8 Å². The van der Waals surface area contributed by atoms with E-state index in [4.69, 9.17) is 14.2 Å². The molecule has 1 aromatic carbocycles. The highest BCUT2D eigenvalue weighted by atomic mass is 32.1. The maximum atomic E-state index is 12.8. The fourth-order valence-corrected chi connectivity index (χ4v) is 4.74. The quantitative estimate of drug-likeness (QED) is 0.418. The first-order valence-electron chi connectivity index (χ1n) is 9.75. The second-order valence-corrected chi connectivity index (χ2v) is 8.57. The first-order chi connectivity index (χ1) is 13.9. The van der Waals surface area contributed by atoms with Gasteiger partial charge in [-0.1, -0.05) is 25.1 Å². The Morgan fingerprint density at radius 3 is 2.83 bits per heavy atom. The second-order valence-electron chi connectivity index (χ2n) is 7.71. The molecule has 29 heavy (non-hydrogen) atoms. The van der Waals surface area contributed by atoms with Gasteiger partial charge < -0.3 is 19.5 Å². The summed E-state index contributed by atoms with van der Waals surface area (Å²) in [6.45, 7) is 4.71. The molecule has 3 atom stereocenters. The number of ether oxygens (including phenoxy) is 3. The van der Waals surface area contributed by atoms with E-state index in [0.29, 0.717) is 24.0 Å². The molecule has 4 rings (SSSR count). The average Bonchev–Trinajstić information content (AvgIpc) is 3.35. The van der Waals surface area contributed by atoms with Crippen LogP contribution in [0.1, 0.15) is 38.8 Å². The minimum atomic E-state index is -1.27. The first kappa shape index (κ1) is 19.8. The number of anilines is 2. The normalized spacial score (nSPS) is 28.6. The molecule has 0 unspecified atom stereocenters. The number of cyclic esters (lactones) is 2. The Morgan fingerprint density at radius 1 is 1.28 bits per heavy atom. The van der Waals surface area contributed by atoms with E-state index in [9.17, 15) is 9.59 Å². The van der Waals surface area contributed by atoms with Gasteiger partial charge in [0.2, 0.25) is 0 Å². The van der Waals surface area contributed by atoms with E-state index in [1.165, 1.54) is 11.3 Å². The number of esters is 2. The third-order valence-electron chi connectivity index (χ3n) is 5.31. The van der Waals surface area contributed by atoms with Crippen molar-refractivity contribution in [3.05, 3.63) is 41.4 Å². The Kier molecular flexibility index (Phi) is 5.31. The third kappa shape index (κ3) is 3.74. The van der Waals surface area contributed by atoms with Crippen molar-refractivity contribution in [3.8, 4) is 0 Å². The second kappa shape index (κ2) is 7.76. The summed E-state index contributed by atoms with van der Waals surface area (Å²) in [5.74, 6) is -1.05. The first-order valence-corrected chi connectivity index (χ1v) is 10.6. The molecule has 8 heteroatoms. The largest absolute Gasteiger partial charge is 0.459 e. The number of rotatable bonds is 7. The highest BCUT2D eigenvalue weighted by molar-refractivity contribution is 7.13. The van der Waals surface area contributed by atoms with Crippen molar-refractivity contribution in [1.82, 2.24) is 4.98 Å². The monoisotopic (exact) mass is 416 g/mol. The molecule has 154 valence electrons. The predicted molar refractivity (Wildman–Crippen MR) is 108 cm³/mol. The van der Waals surface area contributed by atoms with Gasteiger partial charge in [0.1, 0.15) is 6.10 Å². The summed E-state index contributed by atoms with van der Waals surface area (Å²) >= 11 is 1.43. The van der Waals surface area contributed by atoms with Crippen molar-refractivity contribution in [3.63, 3.8) is 0 Å². The van der Waals surface area contributed by atoms with Crippen LogP contribution in [0, 0.1) is 5.41 Å².